The molecule has 0 fully saturated rings. The summed E-state index contributed by atoms with van der Waals surface area (Å²) in [5, 5.41) is 8.10. The molecular weight excluding hydrogens is 476 g/mol. The third-order valence-corrected chi connectivity index (χ3v) is 7.47. The van der Waals surface area contributed by atoms with Crippen molar-refractivity contribution >= 4 is 43.3 Å². The van der Waals surface area contributed by atoms with E-state index in [0.717, 1.165) is 55.4 Å². The van der Waals surface area contributed by atoms with Crippen molar-refractivity contribution in [3.8, 4) is 34.1 Å². The molecule has 0 unspecified atom stereocenters. The number of para-hydroxylation sites is 1. The number of furan rings is 1. The summed E-state index contributed by atoms with van der Waals surface area (Å²) in [6.07, 6.45) is 0. The smallest absolute Gasteiger partial charge is 0.161 e. The van der Waals surface area contributed by atoms with E-state index in [1.807, 2.05) is 42.5 Å². The Morgan fingerprint density at radius 3 is 1.97 bits per heavy atom. The van der Waals surface area contributed by atoms with Crippen LogP contribution in [-0.2, 0) is 0 Å². The number of hydrogen-bond acceptors (Lipinski definition) is 3. The van der Waals surface area contributed by atoms with Crippen LogP contribution in [0.15, 0.2) is 138 Å². The van der Waals surface area contributed by atoms with Gasteiger partial charge in [0.1, 0.15) is 11.3 Å². The van der Waals surface area contributed by atoms with Crippen LogP contribution in [0, 0.1) is 0 Å². The van der Waals surface area contributed by atoms with E-state index in [1.165, 1.54) is 16.2 Å². The summed E-state index contributed by atoms with van der Waals surface area (Å²) in [7, 11) is 0. The highest BCUT2D eigenvalue weighted by Crippen LogP contribution is 2.39. The molecule has 0 spiro atoms. The van der Waals surface area contributed by atoms with E-state index in [9.17, 15) is 0 Å². The predicted molar refractivity (Wildman–Crippen MR) is 161 cm³/mol. The SMILES string of the molecule is c1ccc(-c2cc(-c3cc4ccccc4o3)nc(-c3c4ccccc4cc4c3ccc3ccccc34)n2)cc1. The van der Waals surface area contributed by atoms with E-state index in [0.29, 0.717) is 5.82 Å². The second-order valence-electron chi connectivity index (χ2n) is 9.83. The third-order valence-electron chi connectivity index (χ3n) is 7.47. The first-order valence-corrected chi connectivity index (χ1v) is 13.1. The molecule has 0 aliphatic heterocycles. The van der Waals surface area contributed by atoms with Gasteiger partial charge in [0.25, 0.3) is 0 Å². The number of nitrogens with zero attached hydrogens (tertiary/aromatic N) is 2. The lowest BCUT2D eigenvalue weighted by atomic mass is 9.93. The van der Waals surface area contributed by atoms with Crippen LogP contribution >= 0.6 is 0 Å². The fourth-order valence-corrected chi connectivity index (χ4v) is 5.61. The van der Waals surface area contributed by atoms with Crippen molar-refractivity contribution in [3.63, 3.8) is 0 Å². The van der Waals surface area contributed by atoms with E-state index in [1.54, 1.807) is 0 Å². The normalized spacial score (nSPS) is 11.6. The largest absolute Gasteiger partial charge is 0.454 e. The molecule has 2 heterocycles. The number of rotatable bonds is 3. The molecule has 39 heavy (non-hydrogen) atoms. The molecule has 8 rings (SSSR count). The van der Waals surface area contributed by atoms with Crippen LogP contribution in [0.2, 0.25) is 0 Å². The molecule has 0 saturated heterocycles. The van der Waals surface area contributed by atoms with Gasteiger partial charge in [-0.1, -0.05) is 109 Å². The summed E-state index contributed by atoms with van der Waals surface area (Å²) in [5.74, 6) is 1.41. The van der Waals surface area contributed by atoms with Crippen molar-refractivity contribution in [2.75, 3.05) is 0 Å². The standard InChI is InChI=1S/C36H22N2O/c1-2-11-24(12-3-1)31-22-32(34-21-26-14-6-9-17-33(26)39-34)38-36(37-31)35-28-16-8-5-13-25(28)20-30-27-15-7-4-10-23(27)18-19-29(30)35/h1-22H. The first-order valence-electron chi connectivity index (χ1n) is 13.1. The van der Waals surface area contributed by atoms with Gasteiger partial charge in [-0.2, -0.15) is 0 Å². The molecule has 3 heteroatoms. The van der Waals surface area contributed by atoms with Crippen molar-refractivity contribution in [1.82, 2.24) is 9.97 Å². The van der Waals surface area contributed by atoms with Gasteiger partial charge in [-0.05, 0) is 56.6 Å². The minimum absolute atomic E-state index is 0.684. The molecule has 0 aliphatic rings. The van der Waals surface area contributed by atoms with Crippen molar-refractivity contribution in [2.45, 2.75) is 0 Å². The van der Waals surface area contributed by atoms with Gasteiger partial charge in [0.2, 0.25) is 0 Å². The monoisotopic (exact) mass is 498 g/mol. The van der Waals surface area contributed by atoms with Crippen LogP contribution in [0.5, 0.6) is 0 Å². The average molecular weight is 499 g/mol. The van der Waals surface area contributed by atoms with Gasteiger partial charge in [-0.25, -0.2) is 9.97 Å². The molecule has 2 aromatic heterocycles. The molecule has 3 nitrogen and oxygen atoms in total. The second-order valence-corrected chi connectivity index (χ2v) is 9.83. The lowest BCUT2D eigenvalue weighted by molar-refractivity contribution is 0.628. The number of benzene rings is 6. The summed E-state index contributed by atoms with van der Waals surface area (Å²) in [6, 6.07) is 46.2. The summed E-state index contributed by atoms with van der Waals surface area (Å²) < 4.78 is 6.28. The topological polar surface area (TPSA) is 38.9 Å². The Hall–Kier alpha value is -5.28. The molecule has 0 radical (unpaired) electrons. The van der Waals surface area contributed by atoms with Crippen molar-refractivity contribution in [3.05, 3.63) is 133 Å². The van der Waals surface area contributed by atoms with Crippen LogP contribution in [-0.4, -0.2) is 9.97 Å². The average Bonchev–Trinajstić information content (AvgIpc) is 3.45. The third kappa shape index (κ3) is 3.59. The van der Waals surface area contributed by atoms with Crippen LogP contribution in [0.25, 0.3) is 77.4 Å². The van der Waals surface area contributed by atoms with E-state index >= 15 is 0 Å². The van der Waals surface area contributed by atoms with Crippen LogP contribution in [0.1, 0.15) is 0 Å². The zero-order valence-electron chi connectivity index (χ0n) is 21.0. The Bertz CT molecular complexity index is 2140. The Labute approximate surface area is 225 Å². The van der Waals surface area contributed by atoms with Gasteiger partial charge in [0.15, 0.2) is 11.6 Å². The minimum atomic E-state index is 0.684. The summed E-state index contributed by atoms with van der Waals surface area (Å²) in [6.45, 7) is 0. The van der Waals surface area contributed by atoms with Crippen LogP contribution in [0.3, 0.4) is 0 Å². The summed E-state index contributed by atoms with van der Waals surface area (Å²) >= 11 is 0. The molecule has 0 aliphatic carbocycles. The lowest BCUT2D eigenvalue weighted by Crippen LogP contribution is -1.97. The van der Waals surface area contributed by atoms with Crippen molar-refractivity contribution in [1.29, 1.82) is 0 Å². The first kappa shape index (κ1) is 21.8. The number of hydrogen-bond donors (Lipinski definition) is 0. The Morgan fingerprint density at radius 1 is 0.436 bits per heavy atom. The van der Waals surface area contributed by atoms with Gasteiger partial charge >= 0.3 is 0 Å². The quantitative estimate of drug-likeness (QED) is 0.180. The van der Waals surface area contributed by atoms with Gasteiger partial charge < -0.3 is 4.42 Å². The number of aromatic nitrogens is 2. The van der Waals surface area contributed by atoms with Crippen molar-refractivity contribution < 1.29 is 4.42 Å². The maximum atomic E-state index is 6.28. The van der Waals surface area contributed by atoms with Gasteiger partial charge in [-0.15, -0.1) is 0 Å². The van der Waals surface area contributed by atoms with Crippen LogP contribution < -0.4 is 0 Å². The lowest BCUT2D eigenvalue weighted by Gasteiger charge is -2.14. The maximum Gasteiger partial charge on any atom is 0.161 e. The highest BCUT2D eigenvalue weighted by atomic mass is 16.3. The van der Waals surface area contributed by atoms with Crippen molar-refractivity contribution in [2.24, 2.45) is 0 Å². The number of fused-ring (bicyclic) bond motifs is 5. The zero-order valence-corrected chi connectivity index (χ0v) is 21.0. The fourth-order valence-electron chi connectivity index (χ4n) is 5.61. The van der Waals surface area contributed by atoms with E-state index in [4.69, 9.17) is 14.4 Å². The van der Waals surface area contributed by atoms with Crippen LogP contribution in [0.4, 0.5) is 0 Å². The molecule has 0 atom stereocenters. The fraction of sp³-hybridized carbons (Fsp3) is 0. The molecule has 182 valence electrons. The molecule has 0 bridgehead atoms. The first-order chi connectivity index (χ1) is 19.3. The van der Waals surface area contributed by atoms with E-state index in [-0.39, 0.29) is 0 Å². The van der Waals surface area contributed by atoms with Gasteiger partial charge in [-0.3, -0.25) is 0 Å². The molecule has 0 saturated carbocycles. The molecule has 6 aromatic carbocycles. The Kier molecular flexibility index (Phi) is 4.82. The molecule has 8 aromatic rings. The van der Waals surface area contributed by atoms with E-state index < -0.39 is 0 Å². The van der Waals surface area contributed by atoms with Gasteiger partial charge in [0, 0.05) is 16.5 Å². The maximum absolute atomic E-state index is 6.28. The highest BCUT2D eigenvalue weighted by molar-refractivity contribution is 6.19. The highest BCUT2D eigenvalue weighted by Gasteiger charge is 2.18. The Morgan fingerprint density at radius 2 is 1.13 bits per heavy atom. The zero-order chi connectivity index (χ0) is 25.8. The summed E-state index contributed by atoms with van der Waals surface area (Å²) in [5.41, 5.74) is 4.53. The predicted octanol–water partition coefficient (Wildman–Crippen LogP) is 9.68. The molecular formula is C36H22N2O. The second kappa shape index (κ2) is 8.64. The molecule has 0 amide bonds. The Balaban J connectivity index is 1.48. The minimum Gasteiger partial charge on any atom is -0.454 e. The van der Waals surface area contributed by atoms with E-state index in [2.05, 4.69) is 91.0 Å². The van der Waals surface area contributed by atoms with Gasteiger partial charge in [0.05, 0.1) is 5.69 Å². The molecule has 0 N–H and O–H groups in total. The summed E-state index contributed by atoms with van der Waals surface area (Å²) in [4.78, 5) is 10.4.